The normalized spacial score (nSPS) is 10.2. The van der Waals surface area contributed by atoms with Crippen molar-refractivity contribution in [3.63, 3.8) is 0 Å². The van der Waals surface area contributed by atoms with Crippen LogP contribution in [0.3, 0.4) is 0 Å². The Hall–Kier alpha value is -3.66. The van der Waals surface area contributed by atoms with Crippen LogP contribution in [0.25, 0.3) is 11.5 Å². The highest BCUT2D eigenvalue weighted by molar-refractivity contribution is 5.90. The molecule has 0 aliphatic carbocycles. The number of ether oxygens (including phenoxy) is 1. The van der Waals surface area contributed by atoms with Crippen molar-refractivity contribution in [3.05, 3.63) is 60.0 Å². The maximum atomic E-state index is 12.0. The van der Waals surface area contributed by atoms with Crippen molar-refractivity contribution in [2.45, 2.75) is 12.8 Å². The molecule has 7 heteroatoms. The summed E-state index contributed by atoms with van der Waals surface area (Å²) in [6, 6.07) is 16.0. The van der Waals surface area contributed by atoms with E-state index in [1.54, 1.807) is 37.4 Å². The highest BCUT2D eigenvalue weighted by Gasteiger charge is 2.11. The first-order chi connectivity index (χ1) is 12.7. The van der Waals surface area contributed by atoms with E-state index in [4.69, 9.17) is 14.4 Å². The molecule has 130 valence electrons. The summed E-state index contributed by atoms with van der Waals surface area (Å²) >= 11 is 0. The minimum atomic E-state index is -0.171. The Morgan fingerprint density at radius 1 is 1.23 bits per heavy atom. The minimum Gasteiger partial charge on any atom is -0.497 e. The zero-order valence-electron chi connectivity index (χ0n) is 14.1. The molecule has 0 saturated carbocycles. The van der Waals surface area contributed by atoms with Crippen molar-refractivity contribution < 1.29 is 13.9 Å². The lowest BCUT2D eigenvalue weighted by Gasteiger charge is -2.03. The molecule has 3 aromatic rings. The van der Waals surface area contributed by atoms with E-state index in [-0.39, 0.29) is 12.3 Å². The van der Waals surface area contributed by atoms with Crippen LogP contribution in [0.5, 0.6) is 5.75 Å². The standard InChI is InChI=1S/C19H16N4O3/c1-25-16-4-2-3-14(11-16)19-23-22-18(26-19)10-9-17(24)21-15-7-5-13(12-20)6-8-15/h2-8,11H,9-10H2,1H3,(H,21,24). The number of nitrogens with zero attached hydrogens (tertiary/aromatic N) is 3. The number of aryl methyl sites for hydroxylation is 1. The predicted molar refractivity (Wildman–Crippen MR) is 94.4 cm³/mol. The number of amides is 1. The van der Waals surface area contributed by atoms with Gasteiger partial charge in [-0.25, -0.2) is 0 Å². The van der Waals surface area contributed by atoms with E-state index in [1.807, 2.05) is 24.3 Å². The Balaban J connectivity index is 1.57. The molecule has 0 bridgehead atoms. The monoisotopic (exact) mass is 348 g/mol. The molecular weight excluding hydrogens is 332 g/mol. The Morgan fingerprint density at radius 2 is 2.04 bits per heavy atom. The second-order valence-electron chi connectivity index (χ2n) is 5.47. The van der Waals surface area contributed by atoms with Crippen molar-refractivity contribution in [3.8, 4) is 23.3 Å². The Kier molecular flexibility index (Phi) is 5.25. The largest absolute Gasteiger partial charge is 0.497 e. The number of rotatable bonds is 6. The van der Waals surface area contributed by atoms with Crippen LogP contribution in [0.1, 0.15) is 17.9 Å². The average molecular weight is 348 g/mol. The quantitative estimate of drug-likeness (QED) is 0.734. The van der Waals surface area contributed by atoms with Crippen LogP contribution in [0, 0.1) is 11.3 Å². The number of carbonyl (C=O) groups is 1. The highest BCUT2D eigenvalue weighted by atomic mass is 16.5. The fourth-order valence-corrected chi connectivity index (χ4v) is 2.30. The third kappa shape index (κ3) is 4.24. The van der Waals surface area contributed by atoms with Gasteiger partial charge in [-0.05, 0) is 42.5 Å². The number of benzene rings is 2. The number of hydrogen-bond acceptors (Lipinski definition) is 6. The Labute approximate surface area is 150 Å². The molecule has 1 aromatic heterocycles. The molecule has 0 radical (unpaired) electrons. The van der Waals surface area contributed by atoms with Crippen LogP contribution in [0.4, 0.5) is 5.69 Å². The maximum Gasteiger partial charge on any atom is 0.247 e. The zero-order valence-corrected chi connectivity index (χ0v) is 14.1. The Bertz CT molecular complexity index is 942. The van der Waals surface area contributed by atoms with Gasteiger partial charge in [0.1, 0.15) is 5.75 Å². The molecular formula is C19H16N4O3. The summed E-state index contributed by atoms with van der Waals surface area (Å²) in [6.07, 6.45) is 0.541. The van der Waals surface area contributed by atoms with Crippen LogP contribution in [0.15, 0.2) is 52.9 Å². The van der Waals surface area contributed by atoms with Gasteiger partial charge in [0.05, 0.1) is 18.7 Å². The van der Waals surface area contributed by atoms with Crippen LogP contribution < -0.4 is 10.1 Å². The van der Waals surface area contributed by atoms with E-state index in [1.165, 1.54) is 0 Å². The highest BCUT2D eigenvalue weighted by Crippen LogP contribution is 2.22. The topological polar surface area (TPSA) is 101 Å². The van der Waals surface area contributed by atoms with Gasteiger partial charge < -0.3 is 14.5 Å². The van der Waals surface area contributed by atoms with Crippen molar-refractivity contribution in [1.29, 1.82) is 5.26 Å². The minimum absolute atomic E-state index is 0.171. The fraction of sp³-hybridized carbons (Fsp3) is 0.158. The first kappa shape index (κ1) is 17.2. The molecule has 0 fully saturated rings. The Morgan fingerprint density at radius 3 is 2.77 bits per heavy atom. The van der Waals surface area contributed by atoms with Crippen molar-refractivity contribution in [2.24, 2.45) is 0 Å². The van der Waals surface area contributed by atoms with Gasteiger partial charge in [0, 0.05) is 24.1 Å². The summed E-state index contributed by atoms with van der Waals surface area (Å²) < 4.78 is 10.8. The summed E-state index contributed by atoms with van der Waals surface area (Å²) in [5.74, 6) is 1.30. The second kappa shape index (κ2) is 7.94. The maximum absolute atomic E-state index is 12.0. The molecule has 2 aromatic carbocycles. The lowest BCUT2D eigenvalue weighted by atomic mass is 10.2. The van der Waals surface area contributed by atoms with E-state index < -0.39 is 0 Å². The number of aromatic nitrogens is 2. The van der Waals surface area contributed by atoms with Gasteiger partial charge >= 0.3 is 0 Å². The summed E-state index contributed by atoms with van der Waals surface area (Å²) in [7, 11) is 1.59. The zero-order chi connectivity index (χ0) is 18.4. The van der Waals surface area contributed by atoms with Crippen LogP contribution >= 0.6 is 0 Å². The summed E-state index contributed by atoms with van der Waals surface area (Å²) in [5, 5.41) is 19.5. The van der Waals surface area contributed by atoms with Crippen molar-refractivity contribution in [2.75, 3.05) is 12.4 Å². The van der Waals surface area contributed by atoms with Gasteiger partial charge in [0.2, 0.25) is 17.7 Å². The molecule has 3 rings (SSSR count). The second-order valence-corrected chi connectivity index (χ2v) is 5.47. The number of hydrogen-bond donors (Lipinski definition) is 1. The summed E-state index contributed by atoms with van der Waals surface area (Å²) in [4.78, 5) is 12.0. The molecule has 26 heavy (non-hydrogen) atoms. The lowest BCUT2D eigenvalue weighted by Crippen LogP contribution is -2.12. The summed E-state index contributed by atoms with van der Waals surface area (Å²) in [6.45, 7) is 0. The van der Waals surface area contributed by atoms with Crippen LogP contribution in [-0.2, 0) is 11.2 Å². The molecule has 0 saturated heterocycles. The number of methoxy groups -OCH3 is 1. The first-order valence-corrected chi connectivity index (χ1v) is 7.95. The van der Waals surface area contributed by atoms with Crippen LogP contribution in [0.2, 0.25) is 0 Å². The van der Waals surface area contributed by atoms with Crippen molar-refractivity contribution in [1.82, 2.24) is 10.2 Å². The number of nitriles is 1. The van der Waals surface area contributed by atoms with Gasteiger partial charge in [-0.1, -0.05) is 6.07 Å². The first-order valence-electron chi connectivity index (χ1n) is 7.95. The number of nitrogens with one attached hydrogen (secondary N) is 1. The molecule has 7 nitrogen and oxygen atoms in total. The van der Waals surface area contributed by atoms with E-state index >= 15 is 0 Å². The molecule has 1 N–H and O–H groups in total. The van der Waals surface area contributed by atoms with E-state index in [0.29, 0.717) is 35.2 Å². The molecule has 0 unspecified atom stereocenters. The average Bonchev–Trinajstić information content (AvgIpc) is 3.16. The van der Waals surface area contributed by atoms with E-state index in [0.717, 1.165) is 5.56 Å². The van der Waals surface area contributed by atoms with Gasteiger partial charge in [-0.2, -0.15) is 5.26 Å². The van der Waals surface area contributed by atoms with Gasteiger partial charge in [-0.15, -0.1) is 10.2 Å². The molecule has 1 heterocycles. The third-order valence-electron chi connectivity index (χ3n) is 3.65. The van der Waals surface area contributed by atoms with E-state index in [9.17, 15) is 4.79 Å². The van der Waals surface area contributed by atoms with Crippen LogP contribution in [-0.4, -0.2) is 23.2 Å². The predicted octanol–water partition coefficient (Wildman–Crippen LogP) is 3.19. The smallest absolute Gasteiger partial charge is 0.247 e. The third-order valence-corrected chi connectivity index (χ3v) is 3.65. The summed E-state index contributed by atoms with van der Waals surface area (Å²) in [5.41, 5.74) is 1.93. The van der Waals surface area contributed by atoms with Gasteiger partial charge in [0.25, 0.3) is 0 Å². The molecule has 0 spiro atoms. The SMILES string of the molecule is COc1cccc(-c2nnc(CCC(=O)Nc3ccc(C#N)cc3)o2)c1. The molecule has 0 aliphatic heterocycles. The molecule has 1 amide bonds. The molecule has 0 aliphatic rings. The lowest BCUT2D eigenvalue weighted by molar-refractivity contribution is -0.116. The van der Waals surface area contributed by atoms with Gasteiger partial charge in [-0.3, -0.25) is 4.79 Å². The van der Waals surface area contributed by atoms with Crippen molar-refractivity contribution >= 4 is 11.6 Å². The molecule has 0 atom stereocenters. The number of carbonyl (C=O) groups excluding carboxylic acids is 1. The number of anilines is 1. The van der Waals surface area contributed by atoms with E-state index in [2.05, 4.69) is 15.5 Å². The van der Waals surface area contributed by atoms with Gasteiger partial charge in [0.15, 0.2) is 0 Å². The fourth-order valence-electron chi connectivity index (χ4n) is 2.30.